The minimum atomic E-state index is 0.142. The van der Waals surface area contributed by atoms with Crippen LogP contribution in [0.2, 0.25) is 0 Å². The SMILES string of the molecule is O=C(N[C@H]1CCc2nccn2C1)C1CCOCC1. The molecule has 1 fully saturated rings. The average molecular weight is 249 g/mol. The molecular weight excluding hydrogens is 230 g/mol. The van der Waals surface area contributed by atoms with Crippen LogP contribution in [0.3, 0.4) is 0 Å². The summed E-state index contributed by atoms with van der Waals surface area (Å²) in [6, 6.07) is 0.252. The van der Waals surface area contributed by atoms with Crippen molar-refractivity contribution in [1.82, 2.24) is 14.9 Å². The van der Waals surface area contributed by atoms with Crippen molar-refractivity contribution in [3.05, 3.63) is 18.2 Å². The van der Waals surface area contributed by atoms with E-state index in [1.54, 1.807) is 0 Å². The lowest BCUT2D eigenvalue weighted by Crippen LogP contribution is -2.44. The second kappa shape index (κ2) is 5.10. The first kappa shape index (κ1) is 11.7. The number of fused-ring (bicyclic) bond motifs is 1. The zero-order valence-electron chi connectivity index (χ0n) is 10.5. The van der Waals surface area contributed by atoms with Gasteiger partial charge in [-0.05, 0) is 19.3 Å². The van der Waals surface area contributed by atoms with Crippen molar-refractivity contribution >= 4 is 5.91 Å². The normalized spacial score (nSPS) is 24.6. The van der Waals surface area contributed by atoms with Gasteiger partial charge in [-0.25, -0.2) is 4.98 Å². The molecule has 2 aliphatic heterocycles. The number of amides is 1. The molecule has 0 spiro atoms. The monoisotopic (exact) mass is 249 g/mol. The fourth-order valence-electron chi connectivity index (χ4n) is 2.76. The Kier molecular flexibility index (Phi) is 3.32. The molecule has 0 radical (unpaired) electrons. The molecule has 3 heterocycles. The number of imidazole rings is 1. The van der Waals surface area contributed by atoms with E-state index in [9.17, 15) is 4.79 Å². The van der Waals surface area contributed by atoms with E-state index in [1.807, 2.05) is 12.4 Å². The molecule has 98 valence electrons. The van der Waals surface area contributed by atoms with E-state index >= 15 is 0 Å². The summed E-state index contributed by atoms with van der Waals surface area (Å²) in [6.07, 6.45) is 7.47. The second-order valence-electron chi connectivity index (χ2n) is 5.13. The van der Waals surface area contributed by atoms with Crippen LogP contribution in [0.15, 0.2) is 12.4 Å². The highest BCUT2D eigenvalue weighted by Crippen LogP contribution is 2.17. The number of carbonyl (C=O) groups is 1. The maximum atomic E-state index is 12.1. The molecule has 0 aliphatic carbocycles. The second-order valence-corrected chi connectivity index (χ2v) is 5.13. The molecule has 3 rings (SSSR count). The van der Waals surface area contributed by atoms with Crippen molar-refractivity contribution < 1.29 is 9.53 Å². The van der Waals surface area contributed by atoms with E-state index in [4.69, 9.17) is 4.74 Å². The molecule has 0 bridgehead atoms. The zero-order chi connectivity index (χ0) is 12.4. The highest BCUT2D eigenvalue weighted by atomic mass is 16.5. The van der Waals surface area contributed by atoms with E-state index in [0.717, 1.165) is 38.1 Å². The smallest absolute Gasteiger partial charge is 0.223 e. The number of carbonyl (C=O) groups excluding carboxylic acids is 1. The minimum Gasteiger partial charge on any atom is -0.381 e. The van der Waals surface area contributed by atoms with E-state index in [-0.39, 0.29) is 17.9 Å². The third-order valence-corrected chi connectivity index (χ3v) is 3.87. The van der Waals surface area contributed by atoms with Gasteiger partial charge < -0.3 is 14.6 Å². The highest BCUT2D eigenvalue weighted by Gasteiger charge is 2.25. The number of hydrogen-bond donors (Lipinski definition) is 1. The minimum absolute atomic E-state index is 0.142. The van der Waals surface area contributed by atoms with E-state index in [0.29, 0.717) is 13.2 Å². The largest absolute Gasteiger partial charge is 0.381 e. The van der Waals surface area contributed by atoms with Gasteiger partial charge in [0.2, 0.25) is 5.91 Å². The van der Waals surface area contributed by atoms with Gasteiger partial charge in [0.25, 0.3) is 0 Å². The fraction of sp³-hybridized carbons (Fsp3) is 0.692. The van der Waals surface area contributed by atoms with Crippen LogP contribution < -0.4 is 5.32 Å². The Morgan fingerprint density at radius 3 is 3.06 bits per heavy atom. The van der Waals surface area contributed by atoms with Crippen molar-refractivity contribution in [2.24, 2.45) is 5.92 Å². The van der Waals surface area contributed by atoms with Gasteiger partial charge in [0.1, 0.15) is 5.82 Å². The first-order chi connectivity index (χ1) is 8.83. The fourth-order valence-corrected chi connectivity index (χ4v) is 2.76. The van der Waals surface area contributed by atoms with Crippen molar-refractivity contribution in [3.63, 3.8) is 0 Å². The molecule has 18 heavy (non-hydrogen) atoms. The quantitative estimate of drug-likeness (QED) is 0.841. The zero-order valence-corrected chi connectivity index (χ0v) is 10.5. The molecule has 0 unspecified atom stereocenters. The van der Waals surface area contributed by atoms with Crippen LogP contribution in [0.5, 0.6) is 0 Å². The Bertz CT molecular complexity index is 424. The molecule has 1 aromatic rings. The van der Waals surface area contributed by atoms with Crippen LogP contribution in [0.25, 0.3) is 0 Å². The van der Waals surface area contributed by atoms with Gasteiger partial charge in [0.05, 0.1) is 0 Å². The van der Waals surface area contributed by atoms with Crippen LogP contribution >= 0.6 is 0 Å². The summed E-state index contributed by atoms with van der Waals surface area (Å²) < 4.78 is 7.42. The highest BCUT2D eigenvalue weighted by molar-refractivity contribution is 5.79. The van der Waals surface area contributed by atoms with E-state index in [2.05, 4.69) is 14.9 Å². The van der Waals surface area contributed by atoms with Crippen molar-refractivity contribution in [2.75, 3.05) is 13.2 Å². The summed E-state index contributed by atoms with van der Waals surface area (Å²) >= 11 is 0. The Hall–Kier alpha value is -1.36. The summed E-state index contributed by atoms with van der Waals surface area (Å²) in [6.45, 7) is 2.28. The summed E-state index contributed by atoms with van der Waals surface area (Å²) in [5.74, 6) is 1.47. The van der Waals surface area contributed by atoms with Gasteiger partial charge in [-0.2, -0.15) is 0 Å². The maximum absolute atomic E-state index is 12.1. The van der Waals surface area contributed by atoms with Crippen LogP contribution in [-0.4, -0.2) is 34.7 Å². The molecule has 0 saturated carbocycles. The molecule has 1 N–H and O–H groups in total. The van der Waals surface area contributed by atoms with Crippen LogP contribution in [0.4, 0.5) is 0 Å². The first-order valence-electron chi connectivity index (χ1n) is 6.71. The van der Waals surface area contributed by atoms with Gasteiger partial charge in [-0.3, -0.25) is 4.79 Å². The molecule has 1 atom stereocenters. The molecule has 5 heteroatoms. The van der Waals surface area contributed by atoms with Crippen molar-refractivity contribution in [3.8, 4) is 0 Å². The van der Waals surface area contributed by atoms with E-state index in [1.165, 1.54) is 0 Å². The van der Waals surface area contributed by atoms with Gasteiger partial charge in [-0.15, -0.1) is 0 Å². The van der Waals surface area contributed by atoms with Gasteiger partial charge in [0, 0.05) is 50.5 Å². The maximum Gasteiger partial charge on any atom is 0.223 e. The topological polar surface area (TPSA) is 56.2 Å². The number of aromatic nitrogens is 2. The van der Waals surface area contributed by atoms with Crippen LogP contribution in [-0.2, 0) is 22.5 Å². The first-order valence-corrected chi connectivity index (χ1v) is 6.71. The number of aryl methyl sites for hydroxylation is 1. The predicted octanol–water partition coefficient (Wildman–Crippen LogP) is 0.741. The number of rotatable bonds is 2. The number of nitrogens with one attached hydrogen (secondary N) is 1. The lowest BCUT2D eigenvalue weighted by Gasteiger charge is -2.28. The van der Waals surface area contributed by atoms with Crippen molar-refractivity contribution in [2.45, 2.75) is 38.3 Å². The van der Waals surface area contributed by atoms with Gasteiger partial charge >= 0.3 is 0 Å². The lowest BCUT2D eigenvalue weighted by molar-refractivity contribution is -0.128. The van der Waals surface area contributed by atoms with Crippen LogP contribution in [0, 0.1) is 5.92 Å². The molecular formula is C13H19N3O2. The lowest BCUT2D eigenvalue weighted by atomic mass is 9.98. The molecule has 1 amide bonds. The standard InChI is InChI=1S/C13H19N3O2/c17-13(10-3-7-18-8-4-10)15-11-1-2-12-14-5-6-16(12)9-11/h5-6,10-11H,1-4,7-9H2,(H,15,17)/t11-/m0/s1. The summed E-state index contributed by atoms with van der Waals surface area (Å²) in [5, 5.41) is 3.18. The Balaban J connectivity index is 1.56. The summed E-state index contributed by atoms with van der Waals surface area (Å²) in [4.78, 5) is 16.4. The van der Waals surface area contributed by atoms with Crippen LogP contribution in [0.1, 0.15) is 25.1 Å². The number of hydrogen-bond acceptors (Lipinski definition) is 3. The molecule has 1 saturated heterocycles. The summed E-state index contributed by atoms with van der Waals surface area (Å²) in [5.41, 5.74) is 0. The van der Waals surface area contributed by atoms with E-state index < -0.39 is 0 Å². The van der Waals surface area contributed by atoms with Gasteiger partial charge in [-0.1, -0.05) is 0 Å². The van der Waals surface area contributed by atoms with Gasteiger partial charge in [0.15, 0.2) is 0 Å². The predicted molar refractivity (Wildman–Crippen MR) is 66.0 cm³/mol. The average Bonchev–Trinajstić information content (AvgIpc) is 2.87. The van der Waals surface area contributed by atoms with Crippen molar-refractivity contribution in [1.29, 1.82) is 0 Å². The Labute approximate surface area is 107 Å². The summed E-state index contributed by atoms with van der Waals surface area (Å²) in [7, 11) is 0. The Morgan fingerprint density at radius 2 is 2.22 bits per heavy atom. The molecule has 5 nitrogen and oxygen atoms in total. The third-order valence-electron chi connectivity index (χ3n) is 3.87. The number of nitrogens with zero attached hydrogens (tertiary/aromatic N) is 2. The number of ether oxygens (including phenoxy) is 1. The molecule has 2 aliphatic rings. The Morgan fingerprint density at radius 1 is 1.39 bits per heavy atom. The molecule has 1 aromatic heterocycles. The third kappa shape index (κ3) is 2.41. The molecule has 0 aromatic carbocycles.